The Balaban J connectivity index is 1.70. The lowest BCUT2D eigenvalue weighted by Gasteiger charge is -2.32. The van der Waals surface area contributed by atoms with Crippen LogP contribution in [0.3, 0.4) is 0 Å². The molecule has 0 aliphatic carbocycles. The third-order valence-corrected chi connectivity index (χ3v) is 5.38. The van der Waals surface area contributed by atoms with E-state index in [0.29, 0.717) is 22.9 Å². The average molecular weight is 333 g/mol. The summed E-state index contributed by atoms with van der Waals surface area (Å²) in [6.45, 7) is 2.69. The number of aromatic nitrogens is 3. The molecule has 3 aromatic rings. The van der Waals surface area contributed by atoms with Crippen molar-refractivity contribution >= 4 is 39.9 Å². The molecule has 5 nitrogen and oxygen atoms in total. The molecule has 0 fully saturated rings. The molecule has 1 amide bonds. The third-order valence-electron chi connectivity index (χ3n) is 4.04. The van der Waals surface area contributed by atoms with Crippen molar-refractivity contribution in [3.05, 3.63) is 45.1 Å². The minimum absolute atomic E-state index is 0.0208. The molecular weight excluding hydrogens is 320 g/mol. The summed E-state index contributed by atoms with van der Waals surface area (Å²) in [6.07, 6.45) is 0.788. The number of rotatable bonds is 1. The summed E-state index contributed by atoms with van der Waals surface area (Å²) in [4.78, 5) is 27.6. The van der Waals surface area contributed by atoms with E-state index >= 15 is 0 Å². The van der Waals surface area contributed by atoms with Gasteiger partial charge in [-0.1, -0.05) is 17.7 Å². The maximum absolute atomic E-state index is 12.8. The van der Waals surface area contributed by atoms with Crippen LogP contribution < -0.4 is 0 Å². The number of halogens is 1. The Morgan fingerprint density at radius 3 is 3.18 bits per heavy atom. The van der Waals surface area contributed by atoms with Crippen molar-refractivity contribution in [2.75, 3.05) is 6.54 Å². The molecule has 4 rings (SSSR count). The van der Waals surface area contributed by atoms with Crippen molar-refractivity contribution < 1.29 is 4.79 Å². The number of nitrogens with zero attached hydrogens (tertiary/aromatic N) is 3. The van der Waals surface area contributed by atoms with E-state index < -0.39 is 0 Å². The Labute approximate surface area is 136 Å². The first-order valence-corrected chi connectivity index (χ1v) is 8.28. The second-order valence-corrected chi connectivity index (χ2v) is 6.60. The molecule has 7 heteroatoms. The van der Waals surface area contributed by atoms with Gasteiger partial charge in [0.25, 0.3) is 5.91 Å². The molecule has 1 aliphatic heterocycles. The monoisotopic (exact) mass is 332 g/mol. The van der Waals surface area contributed by atoms with E-state index in [-0.39, 0.29) is 11.9 Å². The molecule has 1 aliphatic rings. The van der Waals surface area contributed by atoms with Gasteiger partial charge in [0.15, 0.2) is 5.82 Å². The molecule has 1 atom stereocenters. The van der Waals surface area contributed by atoms with Gasteiger partial charge in [0.1, 0.15) is 5.52 Å². The highest BCUT2D eigenvalue weighted by molar-refractivity contribution is 7.09. The van der Waals surface area contributed by atoms with Crippen LogP contribution in [0.5, 0.6) is 0 Å². The van der Waals surface area contributed by atoms with Gasteiger partial charge in [-0.2, -0.15) is 0 Å². The minimum Gasteiger partial charge on any atom is -0.334 e. The van der Waals surface area contributed by atoms with Crippen LogP contribution in [0.2, 0.25) is 5.02 Å². The van der Waals surface area contributed by atoms with Gasteiger partial charge >= 0.3 is 0 Å². The van der Waals surface area contributed by atoms with Crippen LogP contribution in [0.4, 0.5) is 0 Å². The number of amides is 1. The predicted molar refractivity (Wildman–Crippen MR) is 86.4 cm³/mol. The molecule has 0 bridgehead atoms. The van der Waals surface area contributed by atoms with Gasteiger partial charge in [-0.3, -0.25) is 4.79 Å². The summed E-state index contributed by atoms with van der Waals surface area (Å²) in [5.74, 6) is 0.238. The van der Waals surface area contributed by atoms with E-state index in [4.69, 9.17) is 11.6 Å². The molecule has 22 heavy (non-hydrogen) atoms. The molecule has 112 valence electrons. The van der Waals surface area contributed by atoms with Gasteiger partial charge in [0, 0.05) is 17.8 Å². The van der Waals surface area contributed by atoms with Gasteiger partial charge in [0.05, 0.1) is 27.8 Å². The summed E-state index contributed by atoms with van der Waals surface area (Å²) in [5, 5.41) is 0.546. The van der Waals surface area contributed by atoms with Crippen molar-refractivity contribution in [3.63, 3.8) is 0 Å². The summed E-state index contributed by atoms with van der Waals surface area (Å²) in [6, 6.07) is 5.50. The van der Waals surface area contributed by atoms with Gasteiger partial charge < -0.3 is 9.88 Å². The number of H-pyrrole nitrogens is 1. The molecule has 3 heterocycles. The fraction of sp³-hybridized carbons (Fsp3) is 0.267. The standard InChI is InChI=1S/C15H13ClN4OS/c1-8-13-11(17-7-22-13)5-6-20(8)15(21)14-18-10-4-2-3-9(16)12(10)19-14/h2-4,7-8H,5-6H2,1H3,(H,18,19)/t8-/m0/s1. The van der Waals surface area contributed by atoms with E-state index in [9.17, 15) is 4.79 Å². The van der Waals surface area contributed by atoms with Gasteiger partial charge in [-0.25, -0.2) is 9.97 Å². The molecule has 1 N–H and O–H groups in total. The normalized spacial score (nSPS) is 17.7. The lowest BCUT2D eigenvalue weighted by atomic mass is 10.1. The van der Waals surface area contributed by atoms with Crippen LogP contribution in [0.25, 0.3) is 11.0 Å². The summed E-state index contributed by atoms with van der Waals surface area (Å²) < 4.78 is 0. The third kappa shape index (κ3) is 2.02. The smallest absolute Gasteiger partial charge is 0.290 e. The highest BCUT2D eigenvalue weighted by Gasteiger charge is 2.31. The summed E-state index contributed by atoms with van der Waals surface area (Å²) >= 11 is 7.73. The first-order chi connectivity index (χ1) is 10.6. The van der Waals surface area contributed by atoms with Crippen molar-refractivity contribution in [2.45, 2.75) is 19.4 Å². The zero-order chi connectivity index (χ0) is 15.3. The lowest BCUT2D eigenvalue weighted by Crippen LogP contribution is -2.38. The van der Waals surface area contributed by atoms with E-state index in [1.807, 2.05) is 29.5 Å². The Morgan fingerprint density at radius 1 is 1.50 bits per heavy atom. The molecule has 0 saturated heterocycles. The molecule has 1 aromatic carbocycles. The fourth-order valence-electron chi connectivity index (χ4n) is 2.88. The zero-order valence-corrected chi connectivity index (χ0v) is 13.4. The molecule has 0 unspecified atom stereocenters. The largest absolute Gasteiger partial charge is 0.334 e. The molecular formula is C15H13ClN4OS. The Bertz CT molecular complexity index is 871. The molecule has 2 aromatic heterocycles. The Kier molecular flexibility index (Phi) is 3.16. The van der Waals surface area contributed by atoms with E-state index in [0.717, 1.165) is 22.5 Å². The van der Waals surface area contributed by atoms with E-state index in [2.05, 4.69) is 15.0 Å². The van der Waals surface area contributed by atoms with Crippen LogP contribution in [0, 0.1) is 0 Å². The lowest BCUT2D eigenvalue weighted by molar-refractivity contribution is 0.0669. The number of benzene rings is 1. The number of carbonyl (C=O) groups is 1. The predicted octanol–water partition coefficient (Wildman–Crippen LogP) is 3.43. The minimum atomic E-state index is -0.0983. The quantitative estimate of drug-likeness (QED) is 0.742. The van der Waals surface area contributed by atoms with Gasteiger partial charge in [0.2, 0.25) is 0 Å². The molecule has 0 saturated carbocycles. The number of thiazole rings is 1. The first-order valence-electron chi connectivity index (χ1n) is 7.02. The van der Waals surface area contributed by atoms with E-state index in [1.54, 1.807) is 17.4 Å². The maximum Gasteiger partial charge on any atom is 0.290 e. The van der Waals surface area contributed by atoms with Crippen molar-refractivity contribution in [1.29, 1.82) is 0 Å². The molecule has 0 radical (unpaired) electrons. The van der Waals surface area contributed by atoms with Gasteiger partial charge in [-0.15, -0.1) is 11.3 Å². The number of nitrogens with one attached hydrogen (secondary N) is 1. The number of imidazole rings is 1. The van der Waals surface area contributed by atoms with E-state index in [1.165, 1.54) is 0 Å². The van der Waals surface area contributed by atoms with Crippen LogP contribution >= 0.6 is 22.9 Å². The number of hydrogen-bond donors (Lipinski definition) is 1. The number of hydrogen-bond acceptors (Lipinski definition) is 4. The fourth-order valence-corrected chi connectivity index (χ4v) is 4.00. The maximum atomic E-state index is 12.8. The highest BCUT2D eigenvalue weighted by Crippen LogP contribution is 2.33. The van der Waals surface area contributed by atoms with Crippen LogP contribution in [0.1, 0.15) is 34.2 Å². The average Bonchev–Trinajstić information content (AvgIpc) is 3.14. The zero-order valence-electron chi connectivity index (χ0n) is 11.8. The van der Waals surface area contributed by atoms with Gasteiger partial charge in [-0.05, 0) is 19.1 Å². The van der Waals surface area contributed by atoms with Crippen LogP contribution in [-0.2, 0) is 6.42 Å². The highest BCUT2D eigenvalue weighted by atomic mass is 35.5. The van der Waals surface area contributed by atoms with Crippen molar-refractivity contribution in [3.8, 4) is 0 Å². The number of aromatic amines is 1. The SMILES string of the molecule is C[C@H]1c2scnc2CCN1C(=O)c1nc2c(Cl)cccc2[nH]1. The summed E-state index contributed by atoms with van der Waals surface area (Å²) in [5.41, 5.74) is 4.36. The Hall–Kier alpha value is -1.92. The van der Waals surface area contributed by atoms with Crippen LogP contribution in [-0.4, -0.2) is 32.3 Å². The second-order valence-electron chi connectivity index (χ2n) is 5.31. The van der Waals surface area contributed by atoms with Crippen molar-refractivity contribution in [1.82, 2.24) is 19.9 Å². The van der Waals surface area contributed by atoms with Crippen LogP contribution in [0.15, 0.2) is 23.7 Å². The number of carbonyl (C=O) groups excluding carboxylic acids is 1. The number of fused-ring (bicyclic) bond motifs is 2. The van der Waals surface area contributed by atoms with Crippen molar-refractivity contribution in [2.24, 2.45) is 0 Å². The second kappa shape index (κ2) is 5.07. The summed E-state index contributed by atoms with van der Waals surface area (Å²) in [7, 11) is 0. The number of para-hydroxylation sites is 1. The molecule has 0 spiro atoms. The topological polar surface area (TPSA) is 61.9 Å². The Morgan fingerprint density at radius 2 is 2.36 bits per heavy atom. The first kappa shape index (κ1) is 13.7.